The highest BCUT2D eigenvalue weighted by Crippen LogP contribution is 2.34. The van der Waals surface area contributed by atoms with Crippen molar-refractivity contribution in [3.8, 4) is 0 Å². The van der Waals surface area contributed by atoms with Crippen molar-refractivity contribution in [1.82, 2.24) is 4.72 Å². The Kier molecular flexibility index (Phi) is 4.57. The molecule has 3 N–H and O–H groups in total. The molecule has 0 saturated carbocycles. The van der Waals surface area contributed by atoms with Crippen molar-refractivity contribution in [3.05, 3.63) is 29.1 Å². The molecule has 0 aliphatic heterocycles. The second-order valence-corrected chi connectivity index (χ2v) is 7.16. The Morgan fingerprint density at radius 3 is 2.52 bits per heavy atom. The van der Waals surface area contributed by atoms with Gasteiger partial charge in [-0.25, -0.2) is 13.1 Å². The van der Waals surface area contributed by atoms with Gasteiger partial charge in [-0.15, -0.1) is 11.3 Å². The van der Waals surface area contributed by atoms with Crippen LogP contribution in [0.2, 0.25) is 0 Å². The van der Waals surface area contributed by atoms with Crippen molar-refractivity contribution in [2.45, 2.75) is 24.0 Å². The van der Waals surface area contributed by atoms with Crippen molar-refractivity contribution in [2.24, 2.45) is 5.73 Å². The fourth-order valence-corrected chi connectivity index (χ4v) is 4.76. The van der Waals surface area contributed by atoms with Crippen LogP contribution in [0.3, 0.4) is 0 Å². The van der Waals surface area contributed by atoms with Crippen LogP contribution in [-0.4, -0.2) is 21.1 Å². The minimum Gasteiger partial charge on any atom is -0.326 e. The zero-order valence-corrected chi connectivity index (χ0v) is 12.4. The van der Waals surface area contributed by atoms with Crippen molar-refractivity contribution >= 4 is 31.4 Å². The number of halogens is 3. The molecule has 0 aliphatic carbocycles. The van der Waals surface area contributed by atoms with Crippen LogP contribution in [0.1, 0.15) is 11.3 Å². The van der Waals surface area contributed by atoms with Gasteiger partial charge < -0.3 is 5.73 Å². The SMILES string of the molecule is NCc1sc2ccccc2c1S(=O)(=O)NCCC(F)(F)F. The van der Waals surface area contributed by atoms with E-state index in [1.165, 1.54) is 11.3 Å². The molecule has 9 heteroatoms. The molecule has 1 aromatic heterocycles. The minimum atomic E-state index is -4.41. The van der Waals surface area contributed by atoms with Crippen LogP contribution in [0.15, 0.2) is 29.2 Å². The van der Waals surface area contributed by atoms with Crippen LogP contribution in [0, 0.1) is 0 Å². The summed E-state index contributed by atoms with van der Waals surface area (Å²) >= 11 is 1.22. The van der Waals surface area contributed by atoms with Gasteiger partial charge in [-0.05, 0) is 6.07 Å². The van der Waals surface area contributed by atoms with Crippen molar-refractivity contribution < 1.29 is 21.6 Å². The summed E-state index contributed by atoms with van der Waals surface area (Å²) in [5.41, 5.74) is 5.55. The van der Waals surface area contributed by atoms with E-state index in [1.54, 1.807) is 24.3 Å². The first-order valence-corrected chi connectivity index (χ1v) is 8.31. The molecule has 116 valence electrons. The number of hydrogen-bond donors (Lipinski definition) is 2. The maximum absolute atomic E-state index is 12.2. The topological polar surface area (TPSA) is 72.2 Å². The Bertz CT molecular complexity index is 739. The molecule has 0 bridgehead atoms. The number of sulfonamides is 1. The molecule has 0 amide bonds. The van der Waals surface area contributed by atoms with Gasteiger partial charge in [-0.2, -0.15) is 13.2 Å². The Hall–Kier alpha value is -1.16. The summed E-state index contributed by atoms with van der Waals surface area (Å²) in [4.78, 5) is 0.406. The third kappa shape index (κ3) is 3.73. The quantitative estimate of drug-likeness (QED) is 0.880. The van der Waals surface area contributed by atoms with E-state index in [4.69, 9.17) is 5.73 Å². The molecular formula is C12H13F3N2O2S2. The maximum Gasteiger partial charge on any atom is 0.390 e. The molecule has 0 aliphatic rings. The second-order valence-electron chi connectivity index (χ2n) is 4.32. The van der Waals surface area contributed by atoms with E-state index in [-0.39, 0.29) is 11.4 Å². The highest BCUT2D eigenvalue weighted by molar-refractivity contribution is 7.90. The number of alkyl halides is 3. The van der Waals surface area contributed by atoms with Gasteiger partial charge in [0.25, 0.3) is 0 Å². The van der Waals surface area contributed by atoms with Gasteiger partial charge in [0.15, 0.2) is 0 Å². The van der Waals surface area contributed by atoms with Crippen LogP contribution >= 0.6 is 11.3 Å². The summed E-state index contributed by atoms with van der Waals surface area (Å²) in [7, 11) is -4.03. The van der Waals surface area contributed by atoms with Crippen LogP contribution in [0.5, 0.6) is 0 Å². The Balaban J connectivity index is 2.35. The van der Waals surface area contributed by atoms with Gasteiger partial charge >= 0.3 is 6.18 Å². The molecule has 0 atom stereocenters. The van der Waals surface area contributed by atoms with Crippen LogP contribution in [0.4, 0.5) is 13.2 Å². The van der Waals surface area contributed by atoms with Gasteiger partial charge in [-0.1, -0.05) is 18.2 Å². The summed E-state index contributed by atoms with van der Waals surface area (Å²) < 4.78 is 63.6. The Morgan fingerprint density at radius 1 is 1.24 bits per heavy atom. The van der Waals surface area contributed by atoms with E-state index in [0.717, 1.165) is 4.70 Å². The molecule has 2 rings (SSSR count). The largest absolute Gasteiger partial charge is 0.390 e. The van der Waals surface area contributed by atoms with Gasteiger partial charge in [-0.3, -0.25) is 0 Å². The van der Waals surface area contributed by atoms with Crippen molar-refractivity contribution in [3.63, 3.8) is 0 Å². The van der Waals surface area contributed by atoms with Gasteiger partial charge in [0.2, 0.25) is 10.0 Å². The molecule has 1 heterocycles. The van der Waals surface area contributed by atoms with Crippen LogP contribution in [-0.2, 0) is 16.6 Å². The van der Waals surface area contributed by atoms with Gasteiger partial charge in [0.1, 0.15) is 4.90 Å². The van der Waals surface area contributed by atoms with Crippen molar-refractivity contribution in [1.29, 1.82) is 0 Å². The molecule has 21 heavy (non-hydrogen) atoms. The van der Waals surface area contributed by atoms with Crippen LogP contribution in [0.25, 0.3) is 10.1 Å². The van der Waals surface area contributed by atoms with E-state index in [2.05, 4.69) is 0 Å². The lowest BCUT2D eigenvalue weighted by Crippen LogP contribution is -2.28. The van der Waals surface area contributed by atoms with Crippen LogP contribution < -0.4 is 10.5 Å². The zero-order valence-electron chi connectivity index (χ0n) is 10.8. The summed E-state index contributed by atoms with van der Waals surface area (Å²) in [5, 5.41) is 0.474. The average Bonchev–Trinajstić information content (AvgIpc) is 2.75. The standard InChI is InChI=1S/C12H13F3N2O2S2/c13-12(14,15)5-6-17-21(18,19)11-8-3-1-2-4-9(8)20-10(11)7-16/h1-4,17H,5-7,16H2. The molecule has 0 radical (unpaired) electrons. The zero-order chi connectivity index (χ0) is 15.7. The first-order valence-electron chi connectivity index (χ1n) is 6.01. The number of nitrogens with one attached hydrogen (secondary N) is 1. The lowest BCUT2D eigenvalue weighted by Gasteiger charge is -2.09. The maximum atomic E-state index is 12.2. The number of thiophene rings is 1. The normalized spacial score (nSPS) is 13.0. The highest BCUT2D eigenvalue weighted by Gasteiger charge is 2.29. The Morgan fingerprint density at radius 2 is 1.90 bits per heavy atom. The molecule has 2 aromatic rings. The first kappa shape index (κ1) is 16.2. The van der Waals surface area contributed by atoms with E-state index in [0.29, 0.717) is 10.3 Å². The predicted molar refractivity (Wildman–Crippen MR) is 75.6 cm³/mol. The van der Waals surface area contributed by atoms with Gasteiger partial charge in [0.05, 0.1) is 6.42 Å². The second kappa shape index (κ2) is 5.91. The molecule has 4 nitrogen and oxygen atoms in total. The smallest absolute Gasteiger partial charge is 0.326 e. The molecule has 0 fully saturated rings. The average molecular weight is 338 g/mol. The number of fused-ring (bicyclic) bond motifs is 1. The number of hydrogen-bond acceptors (Lipinski definition) is 4. The lowest BCUT2D eigenvalue weighted by molar-refractivity contribution is -0.132. The summed E-state index contributed by atoms with van der Waals surface area (Å²) in [6, 6.07) is 6.79. The van der Waals surface area contributed by atoms with E-state index >= 15 is 0 Å². The van der Waals surface area contributed by atoms with E-state index < -0.39 is 29.2 Å². The molecule has 0 spiro atoms. The minimum absolute atomic E-state index is 0.00879. The lowest BCUT2D eigenvalue weighted by atomic mass is 10.2. The number of rotatable bonds is 5. The first-order chi connectivity index (χ1) is 9.74. The fraction of sp³-hybridized carbons (Fsp3) is 0.333. The number of benzene rings is 1. The fourth-order valence-electron chi connectivity index (χ4n) is 1.90. The summed E-state index contributed by atoms with van der Waals surface area (Å²) in [6.45, 7) is -0.686. The monoisotopic (exact) mass is 338 g/mol. The Labute approximate surface area is 123 Å². The van der Waals surface area contributed by atoms with Gasteiger partial charge in [0, 0.05) is 28.1 Å². The molecule has 1 aromatic carbocycles. The predicted octanol–water partition coefficient (Wildman–Crippen LogP) is 2.59. The summed E-state index contributed by atoms with van der Waals surface area (Å²) in [5.74, 6) is 0. The highest BCUT2D eigenvalue weighted by atomic mass is 32.2. The third-order valence-corrected chi connectivity index (χ3v) is 5.68. The summed E-state index contributed by atoms with van der Waals surface area (Å²) in [6.07, 6.45) is -5.62. The molecule has 0 unspecified atom stereocenters. The third-order valence-electron chi connectivity index (χ3n) is 2.77. The molecule has 0 saturated heterocycles. The van der Waals surface area contributed by atoms with Crippen molar-refractivity contribution in [2.75, 3.05) is 6.54 Å². The molecular weight excluding hydrogens is 325 g/mol. The van der Waals surface area contributed by atoms with E-state index in [1.807, 2.05) is 4.72 Å². The van der Waals surface area contributed by atoms with E-state index in [9.17, 15) is 21.6 Å². The number of nitrogens with two attached hydrogens (primary N) is 1.